The zero-order valence-electron chi connectivity index (χ0n) is 11.6. The van der Waals surface area contributed by atoms with Gasteiger partial charge in [0.1, 0.15) is 17.5 Å². The minimum Gasteiger partial charge on any atom is -0.384 e. The van der Waals surface area contributed by atoms with E-state index in [2.05, 4.69) is 36.1 Å². The largest absolute Gasteiger partial charge is 0.384 e. The Balaban J connectivity index is 2.04. The molecule has 100 valence electrons. The van der Waals surface area contributed by atoms with Gasteiger partial charge in [-0.15, -0.1) is 0 Å². The van der Waals surface area contributed by atoms with Gasteiger partial charge in [-0.2, -0.15) is 0 Å². The molecule has 0 atom stereocenters. The molecular formula is C14H24N4. The summed E-state index contributed by atoms with van der Waals surface area (Å²) in [5.74, 6) is 3.43. The van der Waals surface area contributed by atoms with Crippen LogP contribution in [0.4, 0.5) is 11.6 Å². The number of rotatable bonds is 3. The highest BCUT2D eigenvalue weighted by molar-refractivity contribution is 5.45. The predicted octanol–water partition coefficient (Wildman–Crippen LogP) is 3.17. The lowest BCUT2D eigenvalue weighted by Gasteiger charge is -2.27. The predicted molar refractivity (Wildman–Crippen MR) is 75.6 cm³/mol. The summed E-state index contributed by atoms with van der Waals surface area (Å²) in [6.07, 6.45) is 5.05. The second-order valence-corrected chi connectivity index (χ2v) is 5.79. The molecule has 4 heteroatoms. The van der Waals surface area contributed by atoms with Crippen molar-refractivity contribution in [2.45, 2.75) is 58.4 Å². The summed E-state index contributed by atoms with van der Waals surface area (Å²) in [6, 6.07) is 2.37. The summed E-state index contributed by atoms with van der Waals surface area (Å²) in [5, 5.41) is 3.51. The van der Waals surface area contributed by atoms with E-state index >= 15 is 0 Å². The van der Waals surface area contributed by atoms with E-state index < -0.39 is 0 Å². The fourth-order valence-corrected chi connectivity index (χ4v) is 2.43. The third-order valence-electron chi connectivity index (χ3n) is 3.65. The highest BCUT2D eigenvalue weighted by Gasteiger charge is 2.18. The van der Waals surface area contributed by atoms with E-state index in [1.165, 1.54) is 25.7 Å². The highest BCUT2D eigenvalue weighted by atomic mass is 15.1. The van der Waals surface area contributed by atoms with Crippen molar-refractivity contribution in [3.8, 4) is 0 Å². The van der Waals surface area contributed by atoms with Crippen molar-refractivity contribution >= 4 is 11.6 Å². The van der Waals surface area contributed by atoms with E-state index in [0.29, 0.717) is 17.8 Å². The van der Waals surface area contributed by atoms with Crippen LogP contribution in [0.25, 0.3) is 0 Å². The van der Waals surface area contributed by atoms with E-state index in [9.17, 15) is 0 Å². The van der Waals surface area contributed by atoms with Gasteiger partial charge in [0.15, 0.2) is 0 Å². The molecule has 4 nitrogen and oxygen atoms in total. The maximum Gasteiger partial charge on any atom is 0.135 e. The molecule has 0 unspecified atom stereocenters. The van der Waals surface area contributed by atoms with Crippen molar-refractivity contribution in [2.75, 3.05) is 11.1 Å². The second-order valence-electron chi connectivity index (χ2n) is 5.79. The minimum atomic E-state index is 0.306. The lowest BCUT2D eigenvalue weighted by atomic mass is 9.87. The Labute approximate surface area is 109 Å². The van der Waals surface area contributed by atoms with Gasteiger partial charge in [-0.25, -0.2) is 9.97 Å². The first-order valence-corrected chi connectivity index (χ1v) is 6.95. The molecule has 1 aliphatic carbocycles. The first-order valence-electron chi connectivity index (χ1n) is 6.95. The van der Waals surface area contributed by atoms with Crippen LogP contribution in [0.3, 0.4) is 0 Å². The average molecular weight is 248 g/mol. The van der Waals surface area contributed by atoms with Gasteiger partial charge in [0, 0.05) is 18.0 Å². The van der Waals surface area contributed by atoms with Gasteiger partial charge in [-0.1, -0.05) is 20.8 Å². The second kappa shape index (κ2) is 5.55. The molecule has 0 radical (unpaired) electrons. The molecule has 1 fully saturated rings. The third kappa shape index (κ3) is 3.34. The first kappa shape index (κ1) is 13.1. The van der Waals surface area contributed by atoms with Crippen LogP contribution in [0.2, 0.25) is 0 Å². The number of aromatic nitrogens is 2. The monoisotopic (exact) mass is 248 g/mol. The van der Waals surface area contributed by atoms with Crippen LogP contribution >= 0.6 is 0 Å². The van der Waals surface area contributed by atoms with Crippen LogP contribution in [-0.2, 0) is 0 Å². The molecule has 1 aromatic heterocycles. The molecule has 1 aromatic rings. The number of hydrogen-bond donors (Lipinski definition) is 2. The van der Waals surface area contributed by atoms with Crippen LogP contribution in [0.1, 0.15) is 58.2 Å². The Morgan fingerprint density at radius 3 is 2.50 bits per heavy atom. The Hall–Kier alpha value is -1.32. The summed E-state index contributed by atoms with van der Waals surface area (Å²) >= 11 is 0. The van der Waals surface area contributed by atoms with Gasteiger partial charge >= 0.3 is 0 Å². The van der Waals surface area contributed by atoms with Crippen molar-refractivity contribution < 1.29 is 0 Å². The van der Waals surface area contributed by atoms with Gasteiger partial charge < -0.3 is 11.1 Å². The standard InChI is InChI=1S/C14H24N4/c1-9(2)14-17-12(15)8-13(18-14)16-11-6-4-10(3)5-7-11/h8-11H,4-7H2,1-3H3,(H3,15,16,17,18). The molecule has 18 heavy (non-hydrogen) atoms. The summed E-state index contributed by atoms with van der Waals surface area (Å²) in [6.45, 7) is 6.50. The smallest absolute Gasteiger partial charge is 0.135 e. The van der Waals surface area contributed by atoms with Crippen LogP contribution < -0.4 is 11.1 Å². The molecule has 1 aliphatic rings. The number of nitrogens with one attached hydrogen (secondary N) is 1. The normalized spacial score (nSPS) is 24.2. The molecule has 0 aliphatic heterocycles. The Morgan fingerprint density at radius 2 is 1.89 bits per heavy atom. The maximum atomic E-state index is 5.83. The van der Waals surface area contributed by atoms with Crippen molar-refractivity contribution in [3.05, 3.63) is 11.9 Å². The molecular weight excluding hydrogens is 224 g/mol. The maximum absolute atomic E-state index is 5.83. The van der Waals surface area contributed by atoms with Gasteiger partial charge in [-0.05, 0) is 31.6 Å². The molecule has 0 spiro atoms. The molecule has 2 rings (SSSR count). The van der Waals surface area contributed by atoms with Gasteiger partial charge in [0.25, 0.3) is 0 Å². The van der Waals surface area contributed by atoms with E-state index in [1.807, 2.05) is 6.07 Å². The van der Waals surface area contributed by atoms with Crippen LogP contribution in [0.5, 0.6) is 0 Å². The number of nitrogens with two attached hydrogens (primary N) is 1. The summed E-state index contributed by atoms with van der Waals surface area (Å²) < 4.78 is 0. The Morgan fingerprint density at radius 1 is 1.22 bits per heavy atom. The summed E-state index contributed by atoms with van der Waals surface area (Å²) in [7, 11) is 0. The van der Waals surface area contributed by atoms with Crippen molar-refractivity contribution in [2.24, 2.45) is 5.92 Å². The number of nitrogens with zero attached hydrogens (tertiary/aromatic N) is 2. The number of hydrogen-bond acceptors (Lipinski definition) is 4. The quantitative estimate of drug-likeness (QED) is 0.862. The lowest BCUT2D eigenvalue weighted by Crippen LogP contribution is -2.26. The molecule has 0 amide bonds. The number of nitrogen functional groups attached to an aromatic ring is 1. The van der Waals surface area contributed by atoms with Crippen molar-refractivity contribution in [1.82, 2.24) is 9.97 Å². The zero-order valence-corrected chi connectivity index (χ0v) is 11.6. The molecule has 3 N–H and O–H groups in total. The van der Waals surface area contributed by atoms with Crippen molar-refractivity contribution in [3.63, 3.8) is 0 Å². The first-order chi connectivity index (χ1) is 8.54. The topological polar surface area (TPSA) is 63.8 Å². The average Bonchev–Trinajstić information content (AvgIpc) is 2.31. The van der Waals surface area contributed by atoms with Crippen LogP contribution in [0, 0.1) is 5.92 Å². The van der Waals surface area contributed by atoms with Crippen LogP contribution in [-0.4, -0.2) is 16.0 Å². The Kier molecular flexibility index (Phi) is 4.04. The Bertz CT molecular complexity index is 395. The SMILES string of the molecule is CC1CCC(Nc2cc(N)nc(C(C)C)n2)CC1. The molecule has 0 bridgehead atoms. The van der Waals surface area contributed by atoms with Crippen LogP contribution in [0.15, 0.2) is 6.07 Å². The zero-order chi connectivity index (χ0) is 13.1. The summed E-state index contributed by atoms with van der Waals surface area (Å²) in [5.41, 5.74) is 5.83. The van der Waals surface area contributed by atoms with E-state index in [0.717, 1.165) is 17.6 Å². The fraction of sp³-hybridized carbons (Fsp3) is 0.714. The minimum absolute atomic E-state index is 0.306. The fourth-order valence-electron chi connectivity index (χ4n) is 2.43. The summed E-state index contributed by atoms with van der Waals surface area (Å²) in [4.78, 5) is 8.81. The van der Waals surface area contributed by atoms with E-state index in [4.69, 9.17) is 5.73 Å². The van der Waals surface area contributed by atoms with Gasteiger partial charge in [0.05, 0.1) is 0 Å². The number of anilines is 2. The molecule has 1 heterocycles. The lowest BCUT2D eigenvalue weighted by molar-refractivity contribution is 0.360. The van der Waals surface area contributed by atoms with Gasteiger partial charge in [0.2, 0.25) is 0 Å². The molecule has 0 saturated heterocycles. The molecule has 0 aromatic carbocycles. The van der Waals surface area contributed by atoms with Gasteiger partial charge in [-0.3, -0.25) is 0 Å². The van der Waals surface area contributed by atoms with E-state index in [-0.39, 0.29) is 0 Å². The van der Waals surface area contributed by atoms with E-state index in [1.54, 1.807) is 0 Å². The third-order valence-corrected chi connectivity index (χ3v) is 3.65. The molecule has 1 saturated carbocycles. The highest BCUT2D eigenvalue weighted by Crippen LogP contribution is 2.26. The van der Waals surface area contributed by atoms with Crippen molar-refractivity contribution in [1.29, 1.82) is 0 Å².